The summed E-state index contributed by atoms with van der Waals surface area (Å²) >= 11 is 0. The van der Waals surface area contributed by atoms with Gasteiger partial charge in [0.25, 0.3) is 0 Å². The fourth-order valence-corrected chi connectivity index (χ4v) is 1.74. The number of aliphatic hydroxyl groups excluding tert-OH is 1. The van der Waals surface area contributed by atoms with Crippen molar-refractivity contribution >= 4 is 0 Å². The van der Waals surface area contributed by atoms with Gasteiger partial charge in [-0.3, -0.25) is 0 Å². The molecular formula is C15H25NO5. The summed E-state index contributed by atoms with van der Waals surface area (Å²) in [6, 6.07) is 5.70. The van der Waals surface area contributed by atoms with Crippen molar-refractivity contribution < 1.29 is 24.1 Å². The highest BCUT2D eigenvalue weighted by Crippen LogP contribution is 2.28. The molecule has 0 fully saturated rings. The molecule has 0 radical (unpaired) electrons. The molecule has 0 aliphatic heterocycles. The van der Waals surface area contributed by atoms with Crippen LogP contribution in [-0.4, -0.2) is 58.9 Å². The summed E-state index contributed by atoms with van der Waals surface area (Å²) in [5.41, 5.74) is 1.10. The summed E-state index contributed by atoms with van der Waals surface area (Å²) in [6.07, 6.45) is -0.691. The zero-order chi connectivity index (χ0) is 15.5. The monoisotopic (exact) mass is 299 g/mol. The first-order chi connectivity index (χ1) is 10.2. The minimum atomic E-state index is -0.691. The van der Waals surface area contributed by atoms with Gasteiger partial charge in [0, 0.05) is 13.7 Å². The Morgan fingerprint density at radius 2 is 1.95 bits per heavy atom. The average Bonchev–Trinajstić information content (AvgIpc) is 2.50. The lowest BCUT2D eigenvalue weighted by atomic mass is 10.2. The van der Waals surface area contributed by atoms with Crippen LogP contribution in [0.3, 0.4) is 0 Å². The van der Waals surface area contributed by atoms with E-state index in [2.05, 4.69) is 5.32 Å². The highest BCUT2D eigenvalue weighted by atomic mass is 16.5. The number of aliphatic hydroxyl groups is 1. The van der Waals surface area contributed by atoms with E-state index in [1.807, 2.05) is 25.2 Å². The van der Waals surface area contributed by atoms with Crippen LogP contribution in [0, 0.1) is 0 Å². The first-order valence-corrected chi connectivity index (χ1v) is 6.90. The summed E-state index contributed by atoms with van der Waals surface area (Å²) in [5.74, 6) is 1.25. The molecule has 1 aromatic carbocycles. The quantitative estimate of drug-likeness (QED) is 0.590. The van der Waals surface area contributed by atoms with E-state index in [0.717, 1.165) is 12.1 Å². The van der Waals surface area contributed by atoms with Gasteiger partial charge in [0.05, 0.1) is 26.9 Å². The van der Waals surface area contributed by atoms with Crippen molar-refractivity contribution in [2.45, 2.75) is 12.6 Å². The van der Waals surface area contributed by atoms with Crippen molar-refractivity contribution in [3.8, 4) is 11.5 Å². The predicted molar refractivity (Wildman–Crippen MR) is 80.0 cm³/mol. The van der Waals surface area contributed by atoms with E-state index < -0.39 is 6.10 Å². The summed E-state index contributed by atoms with van der Waals surface area (Å²) in [5, 5.41) is 12.8. The molecule has 0 heterocycles. The third-order valence-corrected chi connectivity index (χ3v) is 2.78. The number of benzene rings is 1. The Morgan fingerprint density at radius 3 is 2.62 bits per heavy atom. The molecule has 6 heteroatoms. The lowest BCUT2D eigenvalue weighted by Gasteiger charge is -2.15. The van der Waals surface area contributed by atoms with Crippen LogP contribution in [0.15, 0.2) is 18.2 Å². The molecule has 0 spiro atoms. The topological polar surface area (TPSA) is 69.2 Å². The minimum Gasteiger partial charge on any atom is -0.493 e. The van der Waals surface area contributed by atoms with Gasteiger partial charge in [-0.25, -0.2) is 0 Å². The van der Waals surface area contributed by atoms with E-state index >= 15 is 0 Å². The van der Waals surface area contributed by atoms with Crippen LogP contribution >= 0.6 is 0 Å². The maximum atomic E-state index is 9.77. The molecule has 0 aromatic heterocycles. The molecule has 1 atom stereocenters. The van der Waals surface area contributed by atoms with E-state index in [9.17, 15) is 5.11 Å². The molecule has 0 saturated carbocycles. The maximum Gasteiger partial charge on any atom is 0.161 e. The first-order valence-electron chi connectivity index (χ1n) is 6.90. The lowest BCUT2D eigenvalue weighted by molar-refractivity contribution is -0.00450. The number of methoxy groups -OCH3 is 2. The zero-order valence-corrected chi connectivity index (χ0v) is 12.9. The molecular weight excluding hydrogens is 274 g/mol. The van der Waals surface area contributed by atoms with Gasteiger partial charge < -0.3 is 29.4 Å². The molecule has 0 bridgehead atoms. The smallest absolute Gasteiger partial charge is 0.161 e. The second-order valence-electron chi connectivity index (χ2n) is 4.55. The molecule has 2 N–H and O–H groups in total. The Bertz CT molecular complexity index is 400. The fourth-order valence-electron chi connectivity index (χ4n) is 1.74. The van der Waals surface area contributed by atoms with E-state index in [0.29, 0.717) is 24.7 Å². The molecule has 1 aromatic rings. The van der Waals surface area contributed by atoms with Gasteiger partial charge in [-0.05, 0) is 24.7 Å². The van der Waals surface area contributed by atoms with Crippen LogP contribution in [0.4, 0.5) is 0 Å². The third kappa shape index (κ3) is 6.77. The van der Waals surface area contributed by atoms with Crippen molar-refractivity contribution in [2.24, 2.45) is 0 Å². The molecule has 21 heavy (non-hydrogen) atoms. The second kappa shape index (κ2) is 10.4. The number of rotatable bonds is 11. The van der Waals surface area contributed by atoms with Crippen LogP contribution in [0.1, 0.15) is 5.56 Å². The number of nitrogens with one attached hydrogen (secondary N) is 1. The van der Waals surface area contributed by atoms with Crippen LogP contribution < -0.4 is 14.8 Å². The van der Waals surface area contributed by atoms with Crippen molar-refractivity contribution in [2.75, 3.05) is 47.7 Å². The first kappa shape index (κ1) is 17.7. The summed E-state index contributed by atoms with van der Waals surface area (Å²) in [4.78, 5) is 0. The van der Waals surface area contributed by atoms with Crippen molar-refractivity contribution in [1.82, 2.24) is 5.32 Å². The largest absolute Gasteiger partial charge is 0.493 e. The zero-order valence-electron chi connectivity index (χ0n) is 12.9. The van der Waals surface area contributed by atoms with E-state index in [4.69, 9.17) is 18.9 Å². The van der Waals surface area contributed by atoms with Crippen molar-refractivity contribution in [3.63, 3.8) is 0 Å². The summed E-state index contributed by atoms with van der Waals surface area (Å²) in [6.45, 7) is 2.08. The third-order valence-electron chi connectivity index (χ3n) is 2.78. The van der Waals surface area contributed by atoms with E-state index in [1.165, 1.54) is 0 Å². The molecule has 0 amide bonds. The number of hydrogen-bond acceptors (Lipinski definition) is 6. The second-order valence-corrected chi connectivity index (χ2v) is 4.55. The van der Waals surface area contributed by atoms with Gasteiger partial charge in [-0.15, -0.1) is 0 Å². The van der Waals surface area contributed by atoms with Crippen molar-refractivity contribution in [3.05, 3.63) is 23.8 Å². The van der Waals surface area contributed by atoms with E-state index in [-0.39, 0.29) is 13.2 Å². The normalized spacial score (nSPS) is 12.2. The van der Waals surface area contributed by atoms with Gasteiger partial charge in [-0.2, -0.15) is 0 Å². The molecule has 0 saturated heterocycles. The van der Waals surface area contributed by atoms with E-state index in [1.54, 1.807) is 14.2 Å². The summed E-state index contributed by atoms with van der Waals surface area (Å²) in [7, 11) is 5.08. The Labute approximate surface area is 126 Å². The highest BCUT2D eigenvalue weighted by molar-refractivity contribution is 5.42. The fraction of sp³-hybridized carbons (Fsp3) is 0.600. The van der Waals surface area contributed by atoms with Gasteiger partial charge in [-0.1, -0.05) is 6.07 Å². The lowest BCUT2D eigenvalue weighted by Crippen LogP contribution is -2.24. The SMILES string of the molecule is CNCc1ccc(OCC(O)COCCOC)c(OC)c1. The van der Waals surface area contributed by atoms with Gasteiger partial charge in [0.2, 0.25) is 0 Å². The standard InChI is InChI=1S/C15H25NO5/c1-16-9-12-4-5-14(15(8-12)19-3)21-11-13(17)10-20-7-6-18-2/h4-5,8,13,16-17H,6-7,9-11H2,1-3H3. The van der Waals surface area contributed by atoms with Crippen LogP contribution in [0.2, 0.25) is 0 Å². The van der Waals surface area contributed by atoms with Gasteiger partial charge in [0.15, 0.2) is 11.5 Å². The van der Waals surface area contributed by atoms with Crippen LogP contribution in [0.5, 0.6) is 11.5 Å². The van der Waals surface area contributed by atoms with Crippen LogP contribution in [0.25, 0.3) is 0 Å². The Hall–Kier alpha value is -1.34. The average molecular weight is 299 g/mol. The van der Waals surface area contributed by atoms with Gasteiger partial charge >= 0.3 is 0 Å². The van der Waals surface area contributed by atoms with Crippen LogP contribution in [-0.2, 0) is 16.0 Å². The van der Waals surface area contributed by atoms with Crippen molar-refractivity contribution in [1.29, 1.82) is 0 Å². The summed E-state index contributed by atoms with van der Waals surface area (Å²) < 4.78 is 21.0. The van der Waals surface area contributed by atoms with Gasteiger partial charge in [0.1, 0.15) is 12.7 Å². The molecule has 120 valence electrons. The molecule has 0 aliphatic rings. The Balaban J connectivity index is 2.43. The number of ether oxygens (including phenoxy) is 4. The molecule has 6 nitrogen and oxygen atoms in total. The molecule has 1 rings (SSSR count). The Morgan fingerprint density at radius 1 is 1.14 bits per heavy atom. The maximum absolute atomic E-state index is 9.77. The minimum absolute atomic E-state index is 0.148. The molecule has 0 aliphatic carbocycles. The number of hydrogen-bond donors (Lipinski definition) is 2. The molecule has 1 unspecified atom stereocenters. The highest BCUT2D eigenvalue weighted by Gasteiger charge is 2.09. The predicted octanol–water partition coefficient (Wildman–Crippen LogP) is 0.817. The Kier molecular flexibility index (Phi) is 8.77.